The molecule has 12 heavy (non-hydrogen) atoms. The van der Waals surface area contributed by atoms with Gasteiger partial charge in [0, 0.05) is 16.1 Å². The van der Waals surface area contributed by atoms with E-state index >= 15 is 0 Å². The molecule has 0 spiro atoms. The van der Waals surface area contributed by atoms with Crippen molar-refractivity contribution in [1.82, 2.24) is 0 Å². The maximum Gasteiger partial charge on any atom is 0.409 e. The van der Waals surface area contributed by atoms with E-state index in [2.05, 4.69) is 36.6 Å². The highest BCUT2D eigenvalue weighted by molar-refractivity contribution is 9.11. The largest absolute Gasteiger partial charge is 0.413 e. The maximum absolute atomic E-state index is 10.4. The molecule has 0 saturated heterocycles. The molecule has 0 aliphatic rings. The van der Waals surface area contributed by atoms with Crippen LogP contribution in [0.4, 0.5) is 4.79 Å². The van der Waals surface area contributed by atoms with Crippen LogP contribution in [0.1, 0.15) is 0 Å². The Morgan fingerprint density at radius 3 is 2.67 bits per heavy atom. The summed E-state index contributed by atoms with van der Waals surface area (Å²) in [6, 6.07) is 5.21. The average Bonchev–Trinajstić information content (AvgIpc) is 1.96. The monoisotopic (exact) mass is 312 g/mol. The number of carbonyl (C=O) groups is 1. The molecule has 0 N–H and O–H groups in total. The van der Waals surface area contributed by atoms with Crippen LogP contribution < -0.4 is 4.74 Å². The predicted molar refractivity (Wildman–Crippen MR) is 53.7 cm³/mol. The van der Waals surface area contributed by atoms with E-state index in [4.69, 9.17) is 11.6 Å². The zero-order chi connectivity index (χ0) is 9.14. The Morgan fingerprint density at radius 1 is 1.42 bits per heavy atom. The van der Waals surface area contributed by atoms with Crippen LogP contribution in [-0.4, -0.2) is 5.43 Å². The highest BCUT2D eigenvalue weighted by Crippen LogP contribution is 2.28. The van der Waals surface area contributed by atoms with E-state index in [-0.39, 0.29) is 0 Å². The van der Waals surface area contributed by atoms with Crippen molar-refractivity contribution in [1.29, 1.82) is 0 Å². The Labute approximate surface area is 91.1 Å². The Bertz CT molecular complexity index is 314. The summed E-state index contributed by atoms with van der Waals surface area (Å²) in [6.07, 6.45) is 0. The van der Waals surface area contributed by atoms with Gasteiger partial charge in [0.15, 0.2) is 0 Å². The number of hydrogen-bond donors (Lipinski definition) is 0. The standard InChI is InChI=1S/C7H3Br2ClO2/c8-4-1-2-5(9)6(3-4)12-7(10)11/h1-3H. The molecule has 0 fully saturated rings. The van der Waals surface area contributed by atoms with E-state index in [1.165, 1.54) is 0 Å². The van der Waals surface area contributed by atoms with Crippen molar-refractivity contribution in [3.8, 4) is 5.75 Å². The van der Waals surface area contributed by atoms with Gasteiger partial charge in [0.1, 0.15) is 5.75 Å². The summed E-state index contributed by atoms with van der Waals surface area (Å²) in [6.45, 7) is 0. The molecule has 0 radical (unpaired) electrons. The van der Waals surface area contributed by atoms with E-state index in [1.807, 2.05) is 6.07 Å². The number of halogens is 3. The molecule has 5 heteroatoms. The van der Waals surface area contributed by atoms with Crippen molar-refractivity contribution in [3.63, 3.8) is 0 Å². The number of ether oxygens (including phenoxy) is 1. The minimum absolute atomic E-state index is 0.393. The lowest BCUT2D eigenvalue weighted by atomic mass is 10.3. The van der Waals surface area contributed by atoms with Crippen LogP contribution in [0.2, 0.25) is 0 Å². The van der Waals surface area contributed by atoms with Crippen LogP contribution in [0.5, 0.6) is 5.75 Å². The first kappa shape index (κ1) is 10.0. The second-order valence-electron chi connectivity index (χ2n) is 1.91. The molecule has 0 aliphatic carbocycles. The van der Waals surface area contributed by atoms with Gasteiger partial charge in [-0.1, -0.05) is 15.9 Å². The van der Waals surface area contributed by atoms with Gasteiger partial charge in [0.25, 0.3) is 0 Å². The lowest BCUT2D eigenvalue weighted by molar-refractivity contribution is 0.225. The minimum Gasteiger partial charge on any atom is -0.413 e. The first-order valence-corrected chi connectivity index (χ1v) is 4.88. The van der Waals surface area contributed by atoms with Crippen LogP contribution in [0, 0.1) is 0 Å². The molecular formula is C7H3Br2ClO2. The normalized spacial score (nSPS) is 9.58. The Hall–Kier alpha value is -0.0600. The minimum atomic E-state index is -0.853. The molecule has 0 unspecified atom stereocenters. The van der Waals surface area contributed by atoms with Gasteiger partial charge >= 0.3 is 5.43 Å². The van der Waals surface area contributed by atoms with E-state index in [9.17, 15) is 4.79 Å². The maximum atomic E-state index is 10.4. The lowest BCUT2D eigenvalue weighted by Crippen LogP contribution is -1.96. The van der Waals surface area contributed by atoms with Crippen LogP contribution in [0.3, 0.4) is 0 Å². The van der Waals surface area contributed by atoms with Crippen LogP contribution in [0.15, 0.2) is 27.1 Å². The topological polar surface area (TPSA) is 26.3 Å². The molecule has 2 nitrogen and oxygen atoms in total. The SMILES string of the molecule is O=C(Cl)Oc1cc(Br)ccc1Br. The number of carbonyl (C=O) groups excluding carboxylic acids is 1. The van der Waals surface area contributed by atoms with Crippen molar-refractivity contribution in [3.05, 3.63) is 27.1 Å². The van der Waals surface area contributed by atoms with E-state index < -0.39 is 5.43 Å². The van der Waals surface area contributed by atoms with E-state index in [0.29, 0.717) is 10.2 Å². The molecule has 1 aromatic rings. The molecule has 64 valence electrons. The van der Waals surface area contributed by atoms with Gasteiger partial charge in [-0.3, -0.25) is 0 Å². The molecule has 1 rings (SSSR count). The summed E-state index contributed by atoms with van der Waals surface area (Å²) in [7, 11) is 0. The molecular weight excluding hydrogens is 311 g/mol. The fraction of sp³-hybridized carbons (Fsp3) is 0. The third-order valence-corrected chi connectivity index (χ3v) is 2.31. The fourth-order valence-corrected chi connectivity index (χ4v) is 1.39. The van der Waals surface area contributed by atoms with Crippen molar-refractivity contribution in [2.75, 3.05) is 0 Å². The van der Waals surface area contributed by atoms with Crippen molar-refractivity contribution in [2.45, 2.75) is 0 Å². The fourth-order valence-electron chi connectivity index (χ4n) is 0.642. The molecule has 0 bridgehead atoms. The summed E-state index contributed by atoms with van der Waals surface area (Å²) < 4.78 is 6.17. The molecule has 0 amide bonds. The van der Waals surface area contributed by atoms with Crippen molar-refractivity contribution in [2.24, 2.45) is 0 Å². The second-order valence-corrected chi connectivity index (χ2v) is 3.99. The van der Waals surface area contributed by atoms with E-state index in [1.54, 1.807) is 12.1 Å². The first-order valence-electron chi connectivity index (χ1n) is 2.92. The summed E-state index contributed by atoms with van der Waals surface area (Å²) in [4.78, 5) is 10.4. The molecule has 0 saturated carbocycles. The van der Waals surface area contributed by atoms with Gasteiger partial charge in [-0.25, -0.2) is 4.79 Å². The predicted octanol–water partition coefficient (Wildman–Crippen LogP) is 3.95. The summed E-state index contributed by atoms with van der Waals surface area (Å²) >= 11 is 11.5. The Kier molecular flexibility index (Phi) is 3.55. The molecule has 1 aromatic carbocycles. The zero-order valence-corrected chi connectivity index (χ0v) is 9.61. The first-order chi connectivity index (χ1) is 5.59. The molecule has 0 heterocycles. The Morgan fingerprint density at radius 2 is 2.08 bits per heavy atom. The average molecular weight is 314 g/mol. The smallest absolute Gasteiger partial charge is 0.409 e. The van der Waals surface area contributed by atoms with Gasteiger partial charge in [-0.05, 0) is 34.1 Å². The second kappa shape index (κ2) is 4.25. The third kappa shape index (κ3) is 2.77. The van der Waals surface area contributed by atoms with Gasteiger partial charge in [-0.2, -0.15) is 0 Å². The molecule has 0 aliphatic heterocycles. The van der Waals surface area contributed by atoms with Crippen molar-refractivity contribution >= 4 is 48.9 Å². The van der Waals surface area contributed by atoms with Crippen LogP contribution in [-0.2, 0) is 0 Å². The third-order valence-electron chi connectivity index (χ3n) is 1.08. The van der Waals surface area contributed by atoms with Crippen LogP contribution >= 0.6 is 43.5 Å². The molecule has 0 atom stereocenters. The van der Waals surface area contributed by atoms with Crippen LogP contribution in [0.25, 0.3) is 0 Å². The van der Waals surface area contributed by atoms with Gasteiger partial charge in [0.2, 0.25) is 0 Å². The van der Waals surface area contributed by atoms with Gasteiger partial charge in [-0.15, -0.1) is 0 Å². The number of benzene rings is 1. The van der Waals surface area contributed by atoms with Crippen molar-refractivity contribution < 1.29 is 9.53 Å². The summed E-state index contributed by atoms with van der Waals surface area (Å²) in [5, 5.41) is 0. The quantitative estimate of drug-likeness (QED) is 0.734. The van der Waals surface area contributed by atoms with E-state index in [0.717, 1.165) is 4.47 Å². The zero-order valence-electron chi connectivity index (χ0n) is 5.68. The lowest BCUT2D eigenvalue weighted by Gasteiger charge is -2.02. The Balaban J connectivity index is 2.97. The van der Waals surface area contributed by atoms with Gasteiger partial charge < -0.3 is 4.74 Å². The molecule has 0 aromatic heterocycles. The summed E-state index contributed by atoms with van der Waals surface area (Å²) in [5.41, 5.74) is -0.853. The van der Waals surface area contributed by atoms with Gasteiger partial charge in [0.05, 0.1) is 4.47 Å². The summed E-state index contributed by atoms with van der Waals surface area (Å²) in [5.74, 6) is 0.393. The highest BCUT2D eigenvalue weighted by atomic mass is 79.9. The number of hydrogen-bond acceptors (Lipinski definition) is 2. The number of rotatable bonds is 1. The highest BCUT2D eigenvalue weighted by Gasteiger charge is 2.04.